The van der Waals surface area contributed by atoms with Gasteiger partial charge >= 0.3 is 6.18 Å². The molecule has 0 heterocycles. The van der Waals surface area contributed by atoms with Gasteiger partial charge in [0.2, 0.25) is 0 Å². The SMILES string of the molecule is Cc1ccc(CNc2ccc(C(F)(F)F)cc2)cc1Br. The molecule has 0 spiro atoms. The van der Waals surface area contributed by atoms with Crippen LogP contribution in [0.3, 0.4) is 0 Å². The molecule has 0 atom stereocenters. The van der Waals surface area contributed by atoms with Crippen LogP contribution in [-0.2, 0) is 12.7 Å². The molecule has 0 aliphatic heterocycles. The van der Waals surface area contributed by atoms with Gasteiger partial charge in [-0.15, -0.1) is 0 Å². The third-order valence-corrected chi connectivity index (χ3v) is 3.80. The van der Waals surface area contributed by atoms with E-state index >= 15 is 0 Å². The summed E-state index contributed by atoms with van der Waals surface area (Å²) < 4.78 is 38.3. The van der Waals surface area contributed by atoms with Gasteiger partial charge in [-0.3, -0.25) is 0 Å². The maximum absolute atomic E-state index is 12.4. The third-order valence-electron chi connectivity index (χ3n) is 2.95. The van der Waals surface area contributed by atoms with Crippen LogP contribution in [-0.4, -0.2) is 0 Å². The second kappa shape index (κ2) is 5.87. The second-order valence-corrected chi connectivity index (χ2v) is 5.37. The van der Waals surface area contributed by atoms with Crippen LogP contribution in [0.4, 0.5) is 18.9 Å². The van der Waals surface area contributed by atoms with Crippen LogP contribution in [0, 0.1) is 6.92 Å². The van der Waals surface area contributed by atoms with Gasteiger partial charge in [-0.1, -0.05) is 28.1 Å². The highest BCUT2D eigenvalue weighted by molar-refractivity contribution is 9.10. The van der Waals surface area contributed by atoms with E-state index in [2.05, 4.69) is 21.2 Å². The maximum atomic E-state index is 12.4. The van der Waals surface area contributed by atoms with E-state index in [9.17, 15) is 13.2 Å². The quantitative estimate of drug-likeness (QED) is 0.787. The van der Waals surface area contributed by atoms with Gasteiger partial charge in [0, 0.05) is 16.7 Å². The zero-order chi connectivity index (χ0) is 14.8. The van der Waals surface area contributed by atoms with Gasteiger partial charge in [-0.2, -0.15) is 13.2 Å². The van der Waals surface area contributed by atoms with Gasteiger partial charge in [0.05, 0.1) is 5.56 Å². The number of nitrogens with one attached hydrogen (secondary N) is 1. The van der Waals surface area contributed by atoms with Crippen molar-refractivity contribution in [3.05, 3.63) is 63.6 Å². The summed E-state index contributed by atoms with van der Waals surface area (Å²) >= 11 is 3.45. The van der Waals surface area contributed by atoms with E-state index in [1.54, 1.807) is 0 Å². The zero-order valence-corrected chi connectivity index (χ0v) is 12.3. The Labute approximate surface area is 123 Å². The molecule has 2 aromatic carbocycles. The standard InChI is InChI=1S/C15H13BrF3N/c1-10-2-3-11(8-14(10)16)9-20-13-6-4-12(5-7-13)15(17,18)19/h2-8,20H,9H2,1H3. The lowest BCUT2D eigenvalue weighted by Crippen LogP contribution is -2.05. The Kier molecular flexibility index (Phi) is 4.38. The van der Waals surface area contributed by atoms with Gasteiger partial charge in [0.1, 0.15) is 0 Å². The van der Waals surface area contributed by atoms with E-state index < -0.39 is 11.7 Å². The fourth-order valence-corrected chi connectivity index (χ4v) is 2.15. The van der Waals surface area contributed by atoms with E-state index in [-0.39, 0.29) is 0 Å². The summed E-state index contributed by atoms with van der Waals surface area (Å²) in [6.45, 7) is 2.56. The lowest BCUT2D eigenvalue weighted by atomic mass is 10.1. The molecule has 20 heavy (non-hydrogen) atoms. The summed E-state index contributed by atoms with van der Waals surface area (Å²) in [6.07, 6.45) is -4.29. The van der Waals surface area contributed by atoms with E-state index in [4.69, 9.17) is 0 Å². The summed E-state index contributed by atoms with van der Waals surface area (Å²) in [5.74, 6) is 0. The molecule has 0 unspecified atom stereocenters. The molecule has 0 aromatic heterocycles. The van der Waals surface area contributed by atoms with Crippen molar-refractivity contribution in [2.75, 3.05) is 5.32 Å². The number of hydrogen-bond donors (Lipinski definition) is 1. The summed E-state index contributed by atoms with van der Waals surface area (Å²) in [7, 11) is 0. The van der Waals surface area contributed by atoms with Crippen LogP contribution in [0.2, 0.25) is 0 Å². The highest BCUT2D eigenvalue weighted by Crippen LogP contribution is 2.29. The highest BCUT2D eigenvalue weighted by Gasteiger charge is 2.29. The van der Waals surface area contributed by atoms with Crippen molar-refractivity contribution in [1.82, 2.24) is 0 Å². The minimum absolute atomic E-state index is 0.560. The van der Waals surface area contributed by atoms with E-state index in [1.165, 1.54) is 12.1 Å². The molecule has 106 valence electrons. The molecule has 0 radical (unpaired) electrons. The van der Waals surface area contributed by atoms with Crippen LogP contribution in [0.1, 0.15) is 16.7 Å². The molecule has 0 saturated carbocycles. The Bertz CT molecular complexity index is 591. The molecule has 0 fully saturated rings. The predicted molar refractivity (Wildman–Crippen MR) is 77.6 cm³/mol. The number of alkyl halides is 3. The molecule has 1 nitrogen and oxygen atoms in total. The number of rotatable bonds is 3. The largest absolute Gasteiger partial charge is 0.416 e. The smallest absolute Gasteiger partial charge is 0.381 e. The lowest BCUT2D eigenvalue weighted by molar-refractivity contribution is -0.137. The first-order chi connectivity index (χ1) is 9.36. The average Bonchev–Trinajstić information content (AvgIpc) is 2.40. The molecule has 0 bridgehead atoms. The van der Waals surface area contributed by atoms with Crippen LogP contribution in [0.5, 0.6) is 0 Å². The number of halogens is 4. The zero-order valence-electron chi connectivity index (χ0n) is 10.8. The molecule has 5 heteroatoms. The number of benzene rings is 2. The lowest BCUT2D eigenvalue weighted by Gasteiger charge is -2.10. The second-order valence-electron chi connectivity index (χ2n) is 4.51. The van der Waals surface area contributed by atoms with Crippen molar-refractivity contribution in [2.24, 2.45) is 0 Å². The van der Waals surface area contributed by atoms with Gasteiger partial charge in [-0.05, 0) is 48.4 Å². The van der Waals surface area contributed by atoms with Crippen molar-refractivity contribution >= 4 is 21.6 Å². The molecular formula is C15H13BrF3N. The number of aryl methyl sites for hydroxylation is 1. The van der Waals surface area contributed by atoms with Crippen molar-refractivity contribution in [3.63, 3.8) is 0 Å². The molecule has 2 aromatic rings. The van der Waals surface area contributed by atoms with Gasteiger partial charge in [0.25, 0.3) is 0 Å². The molecule has 0 amide bonds. The van der Waals surface area contributed by atoms with Crippen LogP contribution in [0.25, 0.3) is 0 Å². The summed E-state index contributed by atoms with van der Waals surface area (Å²) in [5.41, 5.74) is 2.22. The summed E-state index contributed by atoms with van der Waals surface area (Å²) in [5, 5.41) is 3.10. The molecule has 0 aliphatic carbocycles. The minimum Gasteiger partial charge on any atom is -0.381 e. The molecule has 0 saturated heterocycles. The topological polar surface area (TPSA) is 12.0 Å². The van der Waals surface area contributed by atoms with Gasteiger partial charge < -0.3 is 5.32 Å². The van der Waals surface area contributed by atoms with E-state index in [0.717, 1.165) is 27.7 Å². The fourth-order valence-electron chi connectivity index (χ4n) is 1.73. The summed E-state index contributed by atoms with van der Waals surface area (Å²) in [6, 6.07) is 11.0. The first-order valence-corrected chi connectivity index (χ1v) is 6.82. The van der Waals surface area contributed by atoms with Crippen molar-refractivity contribution in [1.29, 1.82) is 0 Å². The van der Waals surface area contributed by atoms with Gasteiger partial charge in [0.15, 0.2) is 0 Å². The number of hydrogen-bond acceptors (Lipinski definition) is 1. The fraction of sp³-hybridized carbons (Fsp3) is 0.200. The third kappa shape index (κ3) is 3.76. The van der Waals surface area contributed by atoms with Crippen molar-refractivity contribution in [3.8, 4) is 0 Å². The predicted octanol–water partition coefficient (Wildman–Crippen LogP) is 5.39. The minimum atomic E-state index is -4.29. The van der Waals surface area contributed by atoms with Crippen molar-refractivity contribution in [2.45, 2.75) is 19.6 Å². The Balaban J connectivity index is 2.02. The first kappa shape index (κ1) is 14.9. The van der Waals surface area contributed by atoms with E-state index in [1.807, 2.05) is 25.1 Å². The molecule has 1 N–H and O–H groups in total. The monoisotopic (exact) mass is 343 g/mol. The Morgan fingerprint density at radius 2 is 1.70 bits per heavy atom. The van der Waals surface area contributed by atoms with Crippen molar-refractivity contribution < 1.29 is 13.2 Å². The highest BCUT2D eigenvalue weighted by atomic mass is 79.9. The Hall–Kier alpha value is -1.49. The Morgan fingerprint density at radius 1 is 1.05 bits per heavy atom. The Morgan fingerprint density at radius 3 is 2.25 bits per heavy atom. The average molecular weight is 344 g/mol. The van der Waals surface area contributed by atoms with Crippen LogP contribution in [0.15, 0.2) is 46.9 Å². The van der Waals surface area contributed by atoms with E-state index in [0.29, 0.717) is 12.2 Å². The van der Waals surface area contributed by atoms with Crippen LogP contribution < -0.4 is 5.32 Å². The van der Waals surface area contributed by atoms with Gasteiger partial charge in [-0.25, -0.2) is 0 Å². The maximum Gasteiger partial charge on any atom is 0.416 e. The normalized spacial score (nSPS) is 11.4. The molecular weight excluding hydrogens is 331 g/mol. The van der Waals surface area contributed by atoms with Crippen LogP contribution >= 0.6 is 15.9 Å². The molecule has 2 rings (SSSR count). The number of anilines is 1. The summed E-state index contributed by atoms with van der Waals surface area (Å²) in [4.78, 5) is 0. The first-order valence-electron chi connectivity index (χ1n) is 6.02. The molecule has 0 aliphatic rings.